The topological polar surface area (TPSA) is 139 Å². The van der Waals surface area contributed by atoms with Crippen LogP contribution in [0.2, 0.25) is 0 Å². The minimum atomic E-state index is -1.50. The minimum Gasteiger partial charge on any atom is -0.394 e. The van der Waals surface area contributed by atoms with Gasteiger partial charge in [0.05, 0.1) is 18.8 Å². The molecule has 0 aliphatic carbocycles. The highest BCUT2D eigenvalue weighted by molar-refractivity contribution is 5.94. The van der Waals surface area contributed by atoms with Gasteiger partial charge in [0.1, 0.15) is 24.4 Å². The van der Waals surface area contributed by atoms with Crippen LogP contribution in [0.25, 0.3) is 0 Å². The molecule has 8 heteroatoms. The first-order chi connectivity index (χ1) is 29.3. The molecule has 6 N–H and O–H groups in total. The Balaban J connectivity index is 2.73. The third-order valence-electron chi connectivity index (χ3n) is 9.28. The first-order valence-corrected chi connectivity index (χ1v) is 20.5. The highest BCUT2D eigenvalue weighted by atomic mass is 16.5. The number of aliphatic hydroxyl groups excluding tert-OH is 5. The molecule has 0 radical (unpaired) electrons. The van der Waals surface area contributed by atoms with Crippen LogP contribution in [-0.4, -0.2) is 80.7 Å². The first kappa shape index (κ1) is 52.0. The molecule has 310 valence electrons. The van der Waals surface area contributed by atoms with Crippen molar-refractivity contribution in [3.63, 3.8) is 0 Å². The molecule has 0 aromatic rings. The molecule has 0 saturated carbocycles. The summed E-state index contributed by atoms with van der Waals surface area (Å²) in [5.41, 5.74) is 0. The minimum absolute atomic E-state index is 0.174. The van der Waals surface area contributed by atoms with Crippen molar-refractivity contribution in [3.05, 3.63) is 0 Å². The summed E-state index contributed by atoms with van der Waals surface area (Å²) in [5, 5.41) is 54.5. The van der Waals surface area contributed by atoms with Crippen molar-refractivity contribution in [2.45, 2.75) is 160 Å². The average molecular weight is 806 g/mol. The molecule has 1 rings (SSSR count). The molecule has 8 nitrogen and oxygen atoms in total. The lowest BCUT2D eigenvalue weighted by Crippen LogP contribution is -2.58. The molecular formula is C52H55NO7. The van der Waals surface area contributed by atoms with Crippen LogP contribution in [0.3, 0.4) is 0 Å². The Morgan fingerprint density at radius 3 is 1.35 bits per heavy atom. The van der Waals surface area contributed by atoms with Gasteiger partial charge in [-0.3, -0.25) is 4.79 Å². The van der Waals surface area contributed by atoms with Crippen LogP contribution in [0.5, 0.6) is 0 Å². The molecule has 1 saturated heterocycles. The van der Waals surface area contributed by atoms with Crippen molar-refractivity contribution in [1.29, 1.82) is 0 Å². The second-order valence-corrected chi connectivity index (χ2v) is 13.8. The zero-order valence-corrected chi connectivity index (χ0v) is 35.0. The van der Waals surface area contributed by atoms with Crippen LogP contribution in [-0.2, 0) is 9.53 Å². The summed E-state index contributed by atoms with van der Waals surface area (Å²) >= 11 is 0. The smallest absolute Gasteiger partial charge is 0.297 e. The van der Waals surface area contributed by atoms with Crippen LogP contribution in [0.15, 0.2) is 0 Å². The van der Waals surface area contributed by atoms with Crippen LogP contribution >= 0.6 is 0 Å². The van der Waals surface area contributed by atoms with E-state index in [-0.39, 0.29) is 18.8 Å². The molecular weight excluding hydrogens is 751 g/mol. The number of nitrogens with one attached hydrogen (secondary N) is 1. The van der Waals surface area contributed by atoms with Gasteiger partial charge in [0.2, 0.25) is 0 Å². The predicted molar refractivity (Wildman–Crippen MR) is 235 cm³/mol. The number of aliphatic hydroxyl groups is 5. The maximum absolute atomic E-state index is 12.8. The monoisotopic (exact) mass is 805 g/mol. The molecule has 1 amide bonds. The van der Waals surface area contributed by atoms with E-state index in [1.807, 2.05) is 6.92 Å². The lowest BCUT2D eigenvalue weighted by Gasteiger charge is -2.40. The Morgan fingerprint density at radius 2 is 0.933 bits per heavy atom. The van der Waals surface area contributed by atoms with Crippen molar-refractivity contribution in [2.24, 2.45) is 5.92 Å². The molecule has 0 bridgehead atoms. The molecule has 60 heavy (non-hydrogen) atoms. The molecule has 0 aromatic heterocycles. The summed E-state index contributed by atoms with van der Waals surface area (Å²) in [7, 11) is 0. The molecule has 0 aromatic carbocycles. The Labute approximate surface area is 359 Å². The largest absolute Gasteiger partial charge is 0.394 e. The fourth-order valence-corrected chi connectivity index (χ4v) is 5.93. The van der Waals surface area contributed by atoms with Gasteiger partial charge in [-0.25, -0.2) is 0 Å². The van der Waals surface area contributed by atoms with E-state index in [9.17, 15) is 30.3 Å². The standard InChI is InChI=1S/C52H55NO7/c1-4-6-8-10-12-14-16-18-19-20-21-22-23-24-25-26-27-28-30-32-34-36-38-40-49(56)53-45(41-42-47-50(57)52(59)51(58)48(43-54)60-47)44(3)46(55)39-37-35-33-31-29-17-15-13-11-9-7-5-2/h44-48,50-52,54-55,57-59H,5,7,9,11,13,15,17,29,31,33,35,37,39,41-43H2,1-3H3,(H,53,56)/t44-,45-,46?,47?,48?,50?,51?,52?/m0/s1. The maximum Gasteiger partial charge on any atom is 0.297 e. The van der Waals surface area contributed by atoms with E-state index in [1.165, 1.54) is 57.8 Å². The fraction of sp³-hybridized carbons (Fsp3) is 0.519. The first-order valence-electron chi connectivity index (χ1n) is 20.5. The summed E-state index contributed by atoms with van der Waals surface area (Å²) in [4.78, 5) is 12.8. The Bertz CT molecular complexity index is 2130. The lowest BCUT2D eigenvalue weighted by molar-refractivity contribution is -0.230. The highest BCUT2D eigenvalue weighted by Gasteiger charge is 2.43. The second kappa shape index (κ2) is 36.1. The Hall–Kier alpha value is -6.05. The van der Waals surface area contributed by atoms with E-state index < -0.39 is 55.2 Å². The number of hydrogen-bond acceptors (Lipinski definition) is 7. The van der Waals surface area contributed by atoms with Crippen LogP contribution in [0.1, 0.15) is 117 Å². The van der Waals surface area contributed by atoms with Crippen LogP contribution in [0, 0.1) is 148 Å². The van der Waals surface area contributed by atoms with Crippen LogP contribution in [0.4, 0.5) is 0 Å². The van der Waals surface area contributed by atoms with E-state index in [1.54, 1.807) is 6.92 Å². The number of rotatable bonds is 20. The van der Waals surface area contributed by atoms with Gasteiger partial charge in [-0.15, -0.1) is 0 Å². The van der Waals surface area contributed by atoms with E-state index >= 15 is 0 Å². The van der Waals surface area contributed by atoms with Gasteiger partial charge in [0.15, 0.2) is 0 Å². The molecule has 1 heterocycles. The van der Waals surface area contributed by atoms with Gasteiger partial charge in [0, 0.05) is 53.4 Å². The van der Waals surface area contributed by atoms with Crippen molar-refractivity contribution < 1.29 is 35.1 Å². The van der Waals surface area contributed by atoms with E-state index in [4.69, 9.17) is 4.74 Å². The summed E-state index contributed by atoms with van der Waals surface area (Å²) in [6.45, 7) is 5.22. The molecule has 1 fully saturated rings. The van der Waals surface area contributed by atoms with E-state index in [2.05, 4.69) is 154 Å². The summed E-state index contributed by atoms with van der Waals surface area (Å²) < 4.78 is 5.67. The molecule has 1 aliphatic heterocycles. The number of hydrogen-bond donors (Lipinski definition) is 6. The van der Waals surface area contributed by atoms with E-state index in [0.29, 0.717) is 6.42 Å². The summed E-state index contributed by atoms with van der Waals surface area (Å²) in [5.74, 6) is 59.2. The number of ether oxygens (including phenoxy) is 1. The van der Waals surface area contributed by atoms with Crippen molar-refractivity contribution in [2.75, 3.05) is 6.61 Å². The zero-order valence-electron chi connectivity index (χ0n) is 35.0. The van der Waals surface area contributed by atoms with Gasteiger partial charge in [-0.05, 0) is 121 Å². The third kappa shape index (κ3) is 26.1. The molecule has 6 unspecified atom stereocenters. The van der Waals surface area contributed by atoms with Gasteiger partial charge >= 0.3 is 0 Å². The highest BCUT2D eigenvalue weighted by Crippen LogP contribution is 2.27. The van der Waals surface area contributed by atoms with E-state index in [0.717, 1.165) is 19.3 Å². The van der Waals surface area contributed by atoms with Crippen LogP contribution < -0.4 is 5.32 Å². The van der Waals surface area contributed by atoms with Gasteiger partial charge in [0.25, 0.3) is 5.91 Å². The summed E-state index contributed by atoms with van der Waals surface area (Å²) in [6.07, 6.45) is 8.50. The molecule has 8 atom stereocenters. The molecule has 1 aliphatic rings. The molecule has 0 spiro atoms. The van der Waals surface area contributed by atoms with Crippen molar-refractivity contribution in [3.8, 4) is 142 Å². The Kier molecular flexibility index (Phi) is 31.2. The average Bonchev–Trinajstić information content (AvgIpc) is 3.25. The van der Waals surface area contributed by atoms with Crippen molar-refractivity contribution in [1.82, 2.24) is 5.32 Å². The normalized spacial score (nSPS) is 17.8. The van der Waals surface area contributed by atoms with Gasteiger partial charge in [-0.2, -0.15) is 0 Å². The number of carbonyl (C=O) groups is 1. The second-order valence-electron chi connectivity index (χ2n) is 13.8. The fourth-order valence-electron chi connectivity index (χ4n) is 5.93. The number of unbranched alkanes of at least 4 members (excludes halogenated alkanes) is 11. The van der Waals surface area contributed by atoms with Gasteiger partial charge < -0.3 is 35.6 Å². The summed E-state index contributed by atoms with van der Waals surface area (Å²) in [6, 6.07) is -0.565. The zero-order chi connectivity index (χ0) is 43.9. The quantitative estimate of drug-likeness (QED) is 0.0822. The predicted octanol–water partition coefficient (Wildman–Crippen LogP) is 3.24. The SMILES string of the molecule is CC#CC#CC#CC#CC#CC#CC#CC#CC#CC#CC#CC#CC(=O)N[C@@H](CCC1OC(CO)C(O)C(O)C1O)[C@H](C)C(O)CCCCCCCCCCCCCC. The number of amides is 1. The third-order valence-corrected chi connectivity index (χ3v) is 9.28. The number of carbonyl (C=O) groups excluding carboxylic acids is 1. The van der Waals surface area contributed by atoms with Crippen molar-refractivity contribution >= 4 is 5.91 Å². The van der Waals surface area contributed by atoms with Gasteiger partial charge in [-0.1, -0.05) is 96.8 Å². The lowest BCUT2D eigenvalue weighted by atomic mass is 9.86. The Morgan fingerprint density at radius 1 is 0.550 bits per heavy atom. The maximum atomic E-state index is 12.8.